The van der Waals surface area contributed by atoms with E-state index < -0.39 is 0 Å². The van der Waals surface area contributed by atoms with Crippen LogP contribution in [0.5, 0.6) is 0 Å². The fourth-order valence-electron chi connectivity index (χ4n) is 2.30. The highest BCUT2D eigenvalue weighted by atomic mass is 79.9. The summed E-state index contributed by atoms with van der Waals surface area (Å²) in [4.78, 5) is 13.8. The first kappa shape index (κ1) is 11.8. The van der Waals surface area contributed by atoms with Crippen molar-refractivity contribution < 1.29 is 4.79 Å². The van der Waals surface area contributed by atoms with Gasteiger partial charge in [0.2, 0.25) is 0 Å². The third-order valence-corrected chi connectivity index (χ3v) is 3.62. The van der Waals surface area contributed by atoms with E-state index in [0.29, 0.717) is 5.78 Å². The lowest BCUT2D eigenvalue weighted by molar-refractivity contribution is -0.121. The van der Waals surface area contributed by atoms with Crippen molar-refractivity contribution in [1.82, 2.24) is 4.90 Å². The van der Waals surface area contributed by atoms with Gasteiger partial charge in [0.05, 0.1) is 6.04 Å². The average molecular weight is 282 g/mol. The van der Waals surface area contributed by atoms with Crippen LogP contribution in [-0.4, -0.2) is 23.8 Å². The van der Waals surface area contributed by atoms with E-state index in [2.05, 4.69) is 33.0 Å². The summed E-state index contributed by atoms with van der Waals surface area (Å²) in [6, 6.07) is 8.39. The highest BCUT2D eigenvalue weighted by Gasteiger charge is 2.27. The summed E-state index contributed by atoms with van der Waals surface area (Å²) >= 11 is 3.46. The molecule has 0 amide bonds. The summed E-state index contributed by atoms with van der Waals surface area (Å²) in [6.45, 7) is 0.843. The van der Waals surface area contributed by atoms with Gasteiger partial charge in [-0.25, -0.2) is 0 Å². The van der Waals surface area contributed by atoms with Crippen molar-refractivity contribution in [3.8, 4) is 0 Å². The minimum absolute atomic E-state index is 0.138. The van der Waals surface area contributed by atoms with Crippen LogP contribution in [0.1, 0.15) is 24.8 Å². The summed E-state index contributed by atoms with van der Waals surface area (Å²) in [5.41, 5.74) is 1.25. The fourth-order valence-corrected chi connectivity index (χ4v) is 2.74. The highest BCUT2D eigenvalue weighted by Crippen LogP contribution is 2.21. The zero-order valence-corrected chi connectivity index (χ0v) is 11.0. The van der Waals surface area contributed by atoms with Gasteiger partial charge in [-0.05, 0) is 37.6 Å². The molecular weight excluding hydrogens is 266 g/mol. The molecule has 0 saturated heterocycles. The first-order chi connectivity index (χ1) is 7.66. The van der Waals surface area contributed by atoms with Crippen molar-refractivity contribution in [2.75, 3.05) is 7.05 Å². The van der Waals surface area contributed by atoms with Crippen molar-refractivity contribution in [2.45, 2.75) is 31.8 Å². The molecule has 0 N–H and O–H groups in total. The van der Waals surface area contributed by atoms with Crippen LogP contribution in [0.25, 0.3) is 0 Å². The van der Waals surface area contributed by atoms with Gasteiger partial charge in [-0.3, -0.25) is 9.69 Å². The molecule has 0 bridgehead atoms. The Bertz CT molecular complexity index is 391. The van der Waals surface area contributed by atoms with Crippen LogP contribution in [-0.2, 0) is 11.3 Å². The third-order valence-electron chi connectivity index (χ3n) is 3.13. The number of benzene rings is 1. The van der Waals surface area contributed by atoms with Crippen molar-refractivity contribution in [1.29, 1.82) is 0 Å². The number of nitrogens with zero attached hydrogens (tertiary/aromatic N) is 1. The fraction of sp³-hybridized carbons (Fsp3) is 0.462. The van der Waals surface area contributed by atoms with Crippen LogP contribution < -0.4 is 0 Å². The van der Waals surface area contributed by atoms with E-state index >= 15 is 0 Å². The Morgan fingerprint density at radius 1 is 1.50 bits per heavy atom. The van der Waals surface area contributed by atoms with Gasteiger partial charge in [0.1, 0.15) is 5.78 Å². The summed E-state index contributed by atoms with van der Waals surface area (Å²) in [6.07, 6.45) is 2.82. The van der Waals surface area contributed by atoms with Gasteiger partial charge >= 0.3 is 0 Å². The molecule has 1 aromatic rings. The maximum Gasteiger partial charge on any atom is 0.149 e. The number of hydrogen-bond acceptors (Lipinski definition) is 2. The Morgan fingerprint density at radius 3 is 2.94 bits per heavy atom. The van der Waals surface area contributed by atoms with Crippen LogP contribution >= 0.6 is 15.9 Å². The third kappa shape index (κ3) is 2.71. The molecule has 86 valence electrons. The minimum Gasteiger partial charge on any atom is -0.298 e. The highest BCUT2D eigenvalue weighted by molar-refractivity contribution is 9.10. The topological polar surface area (TPSA) is 20.3 Å². The van der Waals surface area contributed by atoms with E-state index in [4.69, 9.17) is 0 Å². The molecule has 2 nitrogen and oxygen atoms in total. The molecule has 16 heavy (non-hydrogen) atoms. The van der Waals surface area contributed by atoms with Crippen molar-refractivity contribution >= 4 is 21.7 Å². The number of Topliss-reactive ketones (excluding diaryl/α,β-unsaturated/α-hetero) is 1. The first-order valence-corrected chi connectivity index (χ1v) is 6.43. The Hall–Kier alpha value is -0.670. The molecule has 1 aromatic carbocycles. The number of rotatable bonds is 3. The number of likely N-dealkylation sites (N-methyl/N-ethyl adjacent to an activating group) is 1. The second-order valence-corrected chi connectivity index (χ2v) is 5.34. The monoisotopic (exact) mass is 281 g/mol. The lowest BCUT2D eigenvalue weighted by Gasteiger charge is -2.22. The molecule has 1 aliphatic carbocycles. The molecule has 1 fully saturated rings. The average Bonchev–Trinajstić information content (AvgIpc) is 2.64. The summed E-state index contributed by atoms with van der Waals surface area (Å²) in [5.74, 6) is 0.400. The molecule has 3 heteroatoms. The maximum absolute atomic E-state index is 11.6. The van der Waals surface area contributed by atoms with Gasteiger partial charge in [-0.15, -0.1) is 0 Å². The zero-order valence-electron chi connectivity index (χ0n) is 9.45. The molecule has 0 spiro atoms. The standard InChI is InChI=1S/C13H16BrNO/c1-15(12-6-3-7-13(12)16)9-10-4-2-5-11(14)8-10/h2,4-5,8,12H,3,6-7,9H2,1H3. The molecule has 1 atom stereocenters. The van der Waals surface area contributed by atoms with Crippen molar-refractivity contribution in [3.63, 3.8) is 0 Å². The summed E-state index contributed by atoms with van der Waals surface area (Å²) < 4.78 is 1.09. The molecule has 1 aliphatic rings. The molecule has 2 rings (SSSR count). The van der Waals surface area contributed by atoms with Crippen molar-refractivity contribution in [3.05, 3.63) is 34.3 Å². The Labute approximate surface area is 105 Å². The molecule has 1 unspecified atom stereocenters. The SMILES string of the molecule is CN(Cc1cccc(Br)c1)C1CCCC1=O. The normalized spacial score (nSPS) is 20.7. The summed E-state index contributed by atoms with van der Waals surface area (Å²) in [7, 11) is 2.04. The molecular formula is C13H16BrNO. The second-order valence-electron chi connectivity index (χ2n) is 4.42. The van der Waals surface area contributed by atoms with Gasteiger partial charge in [0, 0.05) is 17.4 Å². The molecule has 1 saturated carbocycles. The first-order valence-electron chi connectivity index (χ1n) is 5.64. The molecule has 0 radical (unpaired) electrons. The van der Waals surface area contributed by atoms with E-state index in [1.807, 2.05) is 19.2 Å². The van der Waals surface area contributed by atoms with E-state index in [-0.39, 0.29) is 6.04 Å². The summed E-state index contributed by atoms with van der Waals surface area (Å²) in [5, 5.41) is 0. The molecule has 0 aliphatic heterocycles. The molecule has 0 heterocycles. The number of carbonyl (C=O) groups excluding carboxylic acids is 1. The predicted molar refractivity (Wildman–Crippen MR) is 68.3 cm³/mol. The van der Waals surface area contributed by atoms with Crippen LogP contribution in [0, 0.1) is 0 Å². The van der Waals surface area contributed by atoms with Crippen LogP contribution in [0.3, 0.4) is 0 Å². The lowest BCUT2D eigenvalue weighted by atomic mass is 10.1. The van der Waals surface area contributed by atoms with Gasteiger partial charge in [-0.1, -0.05) is 28.1 Å². The number of ketones is 1. The Morgan fingerprint density at radius 2 is 2.31 bits per heavy atom. The van der Waals surface area contributed by atoms with Gasteiger partial charge in [-0.2, -0.15) is 0 Å². The lowest BCUT2D eigenvalue weighted by Crippen LogP contribution is -2.34. The van der Waals surface area contributed by atoms with Gasteiger partial charge in [0.15, 0.2) is 0 Å². The largest absolute Gasteiger partial charge is 0.298 e. The van der Waals surface area contributed by atoms with E-state index in [1.54, 1.807) is 0 Å². The van der Waals surface area contributed by atoms with Gasteiger partial charge in [0.25, 0.3) is 0 Å². The van der Waals surface area contributed by atoms with E-state index in [1.165, 1.54) is 5.56 Å². The number of halogens is 1. The molecule has 0 aromatic heterocycles. The minimum atomic E-state index is 0.138. The number of carbonyl (C=O) groups is 1. The Balaban J connectivity index is 2.01. The quantitative estimate of drug-likeness (QED) is 0.849. The predicted octanol–water partition coefficient (Wildman–Crippen LogP) is 3.00. The van der Waals surface area contributed by atoms with Gasteiger partial charge < -0.3 is 0 Å². The van der Waals surface area contributed by atoms with Crippen LogP contribution in [0.2, 0.25) is 0 Å². The maximum atomic E-state index is 11.6. The smallest absolute Gasteiger partial charge is 0.149 e. The van der Waals surface area contributed by atoms with Crippen LogP contribution in [0.4, 0.5) is 0 Å². The second kappa shape index (κ2) is 5.11. The Kier molecular flexibility index (Phi) is 3.77. The van der Waals surface area contributed by atoms with Crippen molar-refractivity contribution in [2.24, 2.45) is 0 Å². The van der Waals surface area contributed by atoms with Crippen LogP contribution in [0.15, 0.2) is 28.7 Å². The van der Waals surface area contributed by atoms with E-state index in [9.17, 15) is 4.79 Å². The zero-order chi connectivity index (χ0) is 11.5. The number of hydrogen-bond donors (Lipinski definition) is 0. The van der Waals surface area contributed by atoms with E-state index in [0.717, 1.165) is 30.3 Å².